The highest BCUT2D eigenvalue weighted by molar-refractivity contribution is 7.99. The highest BCUT2D eigenvalue weighted by atomic mass is 32.2. The molecule has 0 aliphatic carbocycles. The first-order valence-corrected chi connectivity index (χ1v) is 9.23. The minimum Gasteiger partial charge on any atom is -0.481 e. The minimum atomic E-state index is -0.707. The van der Waals surface area contributed by atoms with Gasteiger partial charge in [-0.3, -0.25) is 4.79 Å². The average molecular weight is 325 g/mol. The van der Waals surface area contributed by atoms with Gasteiger partial charge < -0.3 is 5.11 Å². The summed E-state index contributed by atoms with van der Waals surface area (Å²) >= 11 is 1.69. The van der Waals surface area contributed by atoms with E-state index in [-0.39, 0.29) is 5.92 Å². The Labute approximate surface area is 140 Å². The zero-order valence-corrected chi connectivity index (χ0v) is 15.6. The van der Waals surface area contributed by atoms with Gasteiger partial charge in [-0.15, -0.1) is 0 Å². The van der Waals surface area contributed by atoms with E-state index in [1.165, 1.54) is 16.7 Å². The summed E-state index contributed by atoms with van der Waals surface area (Å²) in [4.78, 5) is 10.7. The van der Waals surface area contributed by atoms with Crippen molar-refractivity contribution in [2.75, 3.05) is 11.5 Å². The summed E-state index contributed by atoms with van der Waals surface area (Å²) in [5, 5.41) is 8.81. The molecular formula is C19H32O2S. The normalized spacial score (nSPS) is 13.9. The van der Waals surface area contributed by atoms with E-state index in [2.05, 4.69) is 45.9 Å². The summed E-state index contributed by atoms with van der Waals surface area (Å²) in [5.41, 5.74) is 4.25. The zero-order chi connectivity index (χ0) is 17.0. The van der Waals surface area contributed by atoms with Gasteiger partial charge in [-0.2, -0.15) is 11.8 Å². The van der Waals surface area contributed by atoms with Gasteiger partial charge in [0.1, 0.15) is 0 Å². The van der Waals surface area contributed by atoms with Gasteiger partial charge >= 0.3 is 5.97 Å². The van der Waals surface area contributed by atoms with Crippen molar-refractivity contribution in [3.63, 3.8) is 0 Å². The Hall–Kier alpha value is -0.960. The van der Waals surface area contributed by atoms with Gasteiger partial charge in [0.05, 0.1) is 5.92 Å². The van der Waals surface area contributed by atoms with Crippen molar-refractivity contribution in [3.8, 4) is 0 Å². The van der Waals surface area contributed by atoms with E-state index in [1.807, 2.05) is 0 Å². The van der Waals surface area contributed by atoms with Crippen LogP contribution in [0.4, 0.5) is 0 Å². The molecule has 0 aliphatic heterocycles. The van der Waals surface area contributed by atoms with Crippen LogP contribution >= 0.6 is 11.8 Å². The van der Waals surface area contributed by atoms with E-state index >= 15 is 0 Å². The molecule has 0 spiro atoms. The maximum absolute atomic E-state index is 10.7. The molecular weight excluding hydrogens is 292 g/mol. The van der Waals surface area contributed by atoms with Crippen LogP contribution in [-0.4, -0.2) is 22.6 Å². The molecule has 0 saturated heterocycles. The molecule has 126 valence electrons. The van der Waals surface area contributed by atoms with E-state index in [0.29, 0.717) is 5.75 Å². The monoisotopic (exact) mass is 324 g/mol. The van der Waals surface area contributed by atoms with Crippen LogP contribution < -0.4 is 0 Å². The van der Waals surface area contributed by atoms with Gasteiger partial charge in [-0.25, -0.2) is 0 Å². The van der Waals surface area contributed by atoms with Gasteiger partial charge in [-0.1, -0.05) is 41.9 Å². The second-order valence-corrected chi connectivity index (χ2v) is 7.31. The summed E-state index contributed by atoms with van der Waals surface area (Å²) in [6.07, 6.45) is 11.3. The molecule has 0 bridgehead atoms. The standard InChI is InChI=1S/C19H32O2S/c1-15(2)8-6-9-16(3)10-7-11-17(4)12-13-22-14-18(5)19(20)21/h8,10,12,18H,6-7,9,11,13-14H2,1-5H3,(H,20,21)/b16-10+,17-12+/t18-/m0/s1. The molecule has 0 aromatic carbocycles. The third-order valence-corrected chi connectivity index (χ3v) is 4.60. The summed E-state index contributed by atoms with van der Waals surface area (Å²) in [6, 6.07) is 0. The molecule has 0 aromatic rings. The number of hydrogen-bond acceptors (Lipinski definition) is 2. The smallest absolute Gasteiger partial charge is 0.307 e. The predicted molar refractivity (Wildman–Crippen MR) is 99.5 cm³/mol. The van der Waals surface area contributed by atoms with Crippen LogP contribution in [0.3, 0.4) is 0 Å². The topological polar surface area (TPSA) is 37.3 Å². The van der Waals surface area contributed by atoms with Gasteiger partial charge in [0, 0.05) is 11.5 Å². The molecule has 0 saturated carbocycles. The first kappa shape index (κ1) is 21.0. The number of aliphatic carboxylic acids is 1. The molecule has 0 heterocycles. The maximum atomic E-state index is 10.7. The number of hydrogen-bond donors (Lipinski definition) is 1. The Morgan fingerprint density at radius 1 is 1.00 bits per heavy atom. The molecule has 22 heavy (non-hydrogen) atoms. The molecule has 0 aliphatic rings. The largest absolute Gasteiger partial charge is 0.481 e. The van der Waals surface area contributed by atoms with Crippen molar-refractivity contribution in [3.05, 3.63) is 34.9 Å². The van der Waals surface area contributed by atoms with Crippen LogP contribution in [-0.2, 0) is 4.79 Å². The number of rotatable bonds is 11. The highest BCUT2D eigenvalue weighted by Crippen LogP contribution is 2.13. The van der Waals surface area contributed by atoms with Crippen LogP contribution in [0.25, 0.3) is 0 Å². The molecule has 1 N–H and O–H groups in total. The number of thioether (sulfide) groups is 1. The first-order chi connectivity index (χ1) is 10.3. The number of carboxylic acid groups (broad SMARTS) is 1. The molecule has 0 rings (SSSR count). The van der Waals surface area contributed by atoms with Crippen molar-refractivity contribution < 1.29 is 9.90 Å². The van der Waals surface area contributed by atoms with Gasteiger partial charge in [-0.05, 0) is 53.4 Å². The van der Waals surface area contributed by atoms with Gasteiger partial charge in [0.25, 0.3) is 0 Å². The van der Waals surface area contributed by atoms with Crippen molar-refractivity contribution in [1.82, 2.24) is 0 Å². The van der Waals surface area contributed by atoms with Crippen LogP contribution in [0.15, 0.2) is 34.9 Å². The fourth-order valence-electron chi connectivity index (χ4n) is 1.86. The Morgan fingerprint density at radius 2 is 1.55 bits per heavy atom. The molecule has 3 heteroatoms. The first-order valence-electron chi connectivity index (χ1n) is 8.08. The van der Waals surface area contributed by atoms with Gasteiger partial charge in [0.15, 0.2) is 0 Å². The van der Waals surface area contributed by atoms with Crippen molar-refractivity contribution in [2.24, 2.45) is 5.92 Å². The third kappa shape index (κ3) is 12.8. The zero-order valence-electron chi connectivity index (χ0n) is 14.8. The lowest BCUT2D eigenvalue weighted by atomic mass is 10.1. The van der Waals surface area contributed by atoms with E-state index < -0.39 is 5.97 Å². The maximum Gasteiger partial charge on any atom is 0.307 e. The van der Waals surface area contributed by atoms with Crippen LogP contribution in [0.1, 0.15) is 60.3 Å². The molecule has 1 atom stereocenters. The Kier molecular flexibility index (Phi) is 12.0. The minimum absolute atomic E-state index is 0.259. The van der Waals surface area contributed by atoms with E-state index in [4.69, 9.17) is 5.11 Å². The summed E-state index contributed by atoms with van der Waals surface area (Å²) in [5.74, 6) is 0.627. The molecule has 0 fully saturated rings. The predicted octanol–water partition coefficient (Wildman–Crippen LogP) is 5.86. The number of carbonyl (C=O) groups is 1. The average Bonchev–Trinajstić information content (AvgIpc) is 2.42. The molecule has 0 radical (unpaired) electrons. The molecule has 0 aromatic heterocycles. The van der Waals surface area contributed by atoms with E-state index in [1.54, 1.807) is 18.7 Å². The van der Waals surface area contributed by atoms with Crippen molar-refractivity contribution in [1.29, 1.82) is 0 Å². The molecule has 2 nitrogen and oxygen atoms in total. The van der Waals surface area contributed by atoms with E-state index in [0.717, 1.165) is 31.4 Å². The summed E-state index contributed by atoms with van der Waals surface area (Å²) in [6.45, 7) is 10.4. The lowest BCUT2D eigenvalue weighted by molar-refractivity contribution is -0.140. The second kappa shape index (κ2) is 12.6. The van der Waals surface area contributed by atoms with E-state index in [9.17, 15) is 4.79 Å². The number of carboxylic acids is 1. The summed E-state index contributed by atoms with van der Waals surface area (Å²) in [7, 11) is 0. The Morgan fingerprint density at radius 3 is 2.09 bits per heavy atom. The fraction of sp³-hybridized carbons (Fsp3) is 0.632. The fourth-order valence-corrected chi connectivity index (χ4v) is 2.89. The van der Waals surface area contributed by atoms with Crippen molar-refractivity contribution >= 4 is 17.7 Å². The van der Waals surface area contributed by atoms with Crippen LogP contribution in [0.2, 0.25) is 0 Å². The number of allylic oxidation sites excluding steroid dienone is 5. The SMILES string of the molecule is CC(C)=CCC/C(C)=C/CC/C(C)=C/CSC[C@H](C)C(=O)O. The molecule has 0 unspecified atom stereocenters. The van der Waals surface area contributed by atoms with Crippen LogP contribution in [0.5, 0.6) is 0 Å². The highest BCUT2D eigenvalue weighted by Gasteiger charge is 2.09. The Bertz CT molecular complexity index is 415. The summed E-state index contributed by atoms with van der Waals surface area (Å²) < 4.78 is 0. The third-order valence-electron chi connectivity index (χ3n) is 3.46. The second-order valence-electron chi connectivity index (χ2n) is 6.24. The van der Waals surface area contributed by atoms with Gasteiger partial charge in [0.2, 0.25) is 0 Å². The molecule has 0 amide bonds. The lowest BCUT2D eigenvalue weighted by Gasteiger charge is -2.04. The van der Waals surface area contributed by atoms with Crippen molar-refractivity contribution in [2.45, 2.75) is 60.3 Å². The van der Waals surface area contributed by atoms with Crippen LogP contribution in [0, 0.1) is 5.92 Å². The Balaban J connectivity index is 3.87. The lowest BCUT2D eigenvalue weighted by Crippen LogP contribution is -2.11. The quantitative estimate of drug-likeness (QED) is 0.382.